The molecule has 3 unspecified atom stereocenters. The molecular formula is C65H80N12O14S7. The molecule has 6 N–H and O–H groups in total. The second-order valence-electron chi connectivity index (χ2n) is 24.6. The summed E-state index contributed by atoms with van der Waals surface area (Å²) in [7, 11) is -7.69. The molecular weight excluding hydrogens is 1400 g/mol. The first kappa shape index (κ1) is 75.8. The van der Waals surface area contributed by atoms with Gasteiger partial charge in [0.15, 0.2) is 49.3 Å². The zero-order valence-corrected chi connectivity index (χ0v) is 60.5. The fraction of sp³-hybridized carbons (Fsp3) is 0.446. The number of anilines is 2. The first-order valence-corrected chi connectivity index (χ1v) is 39.6. The molecule has 8 aromatic rings. The second kappa shape index (κ2) is 34.2. The molecule has 26 nitrogen and oxygen atoms in total. The Morgan fingerprint density at radius 1 is 0.612 bits per heavy atom. The van der Waals surface area contributed by atoms with Gasteiger partial charge in [0.05, 0.1) is 56.3 Å². The van der Waals surface area contributed by atoms with Crippen molar-refractivity contribution < 1.29 is 53.9 Å². The topological polar surface area (TPSA) is 363 Å². The number of imidazole rings is 2. The van der Waals surface area contributed by atoms with E-state index >= 15 is 0 Å². The molecule has 3 aliphatic rings. The monoisotopic (exact) mass is 1480 g/mol. The van der Waals surface area contributed by atoms with Crippen LogP contribution in [-0.2, 0) is 53.4 Å². The Hall–Kier alpha value is -7.95. The van der Waals surface area contributed by atoms with Gasteiger partial charge < -0.3 is 35.8 Å². The van der Waals surface area contributed by atoms with Gasteiger partial charge in [0.1, 0.15) is 30.8 Å². The molecule has 3 fully saturated rings. The molecule has 0 spiro atoms. The fourth-order valence-corrected chi connectivity index (χ4v) is 15.7. The number of aromatic nitrogens is 9. The molecule has 33 heteroatoms. The van der Waals surface area contributed by atoms with Crippen LogP contribution in [0, 0.1) is 27.3 Å². The number of nitrogens with two attached hydrogens (primary N) is 1. The summed E-state index contributed by atoms with van der Waals surface area (Å²) in [6.07, 6.45) is 33.1. The van der Waals surface area contributed by atoms with Gasteiger partial charge in [-0.25, -0.2) is 49.8 Å². The number of thiazole rings is 1. The van der Waals surface area contributed by atoms with Gasteiger partial charge in [0.2, 0.25) is 5.91 Å². The largest absolute Gasteiger partial charge is 0.467 e. The highest BCUT2D eigenvalue weighted by Gasteiger charge is 2.32. The highest BCUT2D eigenvalue weighted by atomic mass is 32.2. The van der Waals surface area contributed by atoms with E-state index in [0.29, 0.717) is 58.3 Å². The summed E-state index contributed by atoms with van der Waals surface area (Å²) in [6, 6.07) is 10.1. The summed E-state index contributed by atoms with van der Waals surface area (Å²) in [5, 5.41) is 8.92. The maximum absolute atomic E-state index is 13.4. The van der Waals surface area contributed by atoms with Crippen molar-refractivity contribution in [1.82, 2.24) is 48.5 Å². The van der Waals surface area contributed by atoms with Gasteiger partial charge in [-0.05, 0) is 128 Å². The molecule has 0 saturated heterocycles. The molecule has 3 aliphatic carbocycles. The van der Waals surface area contributed by atoms with Crippen LogP contribution in [0.15, 0.2) is 128 Å². The Kier molecular flexibility index (Phi) is 26.5. The van der Waals surface area contributed by atoms with Gasteiger partial charge in [-0.3, -0.25) is 37.4 Å². The molecule has 526 valence electrons. The molecule has 0 aliphatic heterocycles. The lowest BCUT2D eigenvalue weighted by molar-refractivity contribution is -0.145. The highest BCUT2D eigenvalue weighted by Crippen LogP contribution is 2.34. The average Bonchev–Trinajstić information content (AvgIpc) is 1.03. The maximum atomic E-state index is 13.4. The standard InChI is InChI=1S/C21H24N4O4S3.C19H24N2O5S2.C18H26N2O5S.C7H6N4S/c1-32(28,29)14-7-8-15-16(12-14)23-21(30)25(19(15)27)17(11-13-5-3-2-4-6-13)18(26)24-20-22-9-10-31-20;1-26-18(23)16(10-12-6-4-3-5-7-12)21-17(22)14-9-8-13(28(2,24)25)11-15(14)20-19(21)27;1-25-18(22)16(10-12-6-4-3-5-7-12)20-17(21)14-9-8-13(11-15(14)19)26(2,23)24;12-7(10-3-1-8-5-10)11-4-2-9-6-11/h7-10,12-13,17H,2-6,11H2,1H3,(H,23,30)(H,22,24,26);8-9,11-12,16H,3-7,10H2,1-2H3,(H,20,27);8-9,11-12,16H,3-7,10,19H2,1-2H3,(H,20,21);1-6H. The molecule has 5 aromatic heterocycles. The third-order valence-electron chi connectivity index (χ3n) is 17.5. The van der Waals surface area contributed by atoms with Crippen molar-refractivity contribution in [3.05, 3.63) is 139 Å². The molecule has 5 heterocycles. The number of carbonyl (C=O) groups is 4. The molecule has 98 heavy (non-hydrogen) atoms. The predicted octanol–water partition coefficient (Wildman–Crippen LogP) is 9.89. The van der Waals surface area contributed by atoms with Gasteiger partial charge in [-0.2, -0.15) is 0 Å². The number of amides is 2. The van der Waals surface area contributed by atoms with Crippen LogP contribution in [0.25, 0.3) is 21.8 Å². The van der Waals surface area contributed by atoms with Crippen LogP contribution < -0.4 is 27.5 Å². The lowest BCUT2D eigenvalue weighted by Crippen LogP contribution is -2.43. The van der Waals surface area contributed by atoms with Gasteiger partial charge >= 0.3 is 11.9 Å². The number of nitrogens with zero attached hydrogens (tertiary/aromatic N) is 7. The Morgan fingerprint density at radius 3 is 1.45 bits per heavy atom. The van der Waals surface area contributed by atoms with E-state index in [-0.39, 0.29) is 52.2 Å². The first-order valence-electron chi connectivity index (χ1n) is 31.8. The minimum atomic E-state index is -3.44. The SMILES string of the molecule is COC(=O)C(CC1CCCCC1)NC(=O)c1ccc(S(C)(=O)=O)cc1N.COC(=O)C(CC1CCCCC1)n1c(=S)[nH]c2cc(S(C)(=O)=O)ccc2c1=O.CS(=O)(=O)c1ccc2c(=O)n(C(CC3CCCCC3)C(=O)Nc3nccs3)c(=S)[nH]c2c1.S=C(n1ccnc1)n1ccnc1. The molecule has 0 bridgehead atoms. The number of aromatic amines is 2. The van der Waals surface area contributed by atoms with Crippen LogP contribution in [-0.4, -0.2) is 136 Å². The highest BCUT2D eigenvalue weighted by molar-refractivity contribution is 7.91. The minimum absolute atomic E-state index is 0.0401. The fourth-order valence-electron chi connectivity index (χ4n) is 12.4. The normalized spacial score (nSPS) is 15.7. The quantitative estimate of drug-likeness (QED) is 0.0321. The summed E-state index contributed by atoms with van der Waals surface area (Å²) >= 11 is 17.3. The van der Waals surface area contributed by atoms with E-state index in [4.69, 9.17) is 51.9 Å². The van der Waals surface area contributed by atoms with Gasteiger partial charge in [0.25, 0.3) is 17.0 Å². The lowest BCUT2D eigenvalue weighted by atomic mass is 9.84. The van der Waals surface area contributed by atoms with E-state index in [0.717, 1.165) is 95.8 Å². The number of benzene rings is 3. The predicted molar refractivity (Wildman–Crippen MR) is 382 cm³/mol. The number of hydrogen-bond donors (Lipinski definition) is 5. The number of methoxy groups -OCH3 is 2. The van der Waals surface area contributed by atoms with E-state index in [1.165, 1.54) is 109 Å². The first-order chi connectivity index (χ1) is 46.6. The van der Waals surface area contributed by atoms with Crippen LogP contribution in [0.1, 0.15) is 138 Å². The Bertz CT molecular complexity index is 4710. The number of ether oxygens (including phenoxy) is 2. The number of nitrogens with one attached hydrogen (secondary N) is 4. The van der Waals surface area contributed by atoms with E-state index in [2.05, 4.69) is 35.6 Å². The van der Waals surface area contributed by atoms with Crippen molar-refractivity contribution in [3.63, 3.8) is 0 Å². The third-order valence-corrected chi connectivity index (χ3v) is 22.6. The van der Waals surface area contributed by atoms with Crippen LogP contribution in [0.3, 0.4) is 0 Å². The zero-order chi connectivity index (χ0) is 71.1. The number of sulfone groups is 3. The van der Waals surface area contributed by atoms with E-state index in [1.807, 2.05) is 0 Å². The summed E-state index contributed by atoms with van der Waals surface area (Å²) in [4.78, 5) is 95.0. The van der Waals surface area contributed by atoms with Crippen molar-refractivity contribution in [1.29, 1.82) is 0 Å². The average molecular weight is 1480 g/mol. The summed E-state index contributed by atoms with van der Waals surface area (Å²) in [6.45, 7) is 0. The van der Waals surface area contributed by atoms with Crippen molar-refractivity contribution in [3.8, 4) is 0 Å². The Morgan fingerprint density at radius 2 is 1.04 bits per heavy atom. The summed E-state index contributed by atoms with van der Waals surface area (Å²) in [5.74, 6) is -0.816. The number of nitrogen functional groups attached to an aromatic ring is 1. The van der Waals surface area contributed by atoms with Crippen molar-refractivity contribution in [2.45, 2.75) is 148 Å². The Balaban J connectivity index is 0.000000173. The summed E-state index contributed by atoms with van der Waals surface area (Å²) in [5.41, 5.74) is 5.84. The van der Waals surface area contributed by atoms with E-state index < -0.39 is 76.6 Å². The molecule has 0 radical (unpaired) electrons. The van der Waals surface area contributed by atoms with Crippen molar-refractivity contribution in [2.24, 2.45) is 17.8 Å². The van der Waals surface area contributed by atoms with Crippen molar-refractivity contribution >= 4 is 139 Å². The minimum Gasteiger partial charge on any atom is -0.467 e. The number of hydrogen-bond acceptors (Lipinski definition) is 22. The maximum Gasteiger partial charge on any atom is 0.329 e. The summed E-state index contributed by atoms with van der Waals surface area (Å²) < 4.78 is 86.6. The number of esters is 2. The van der Waals surface area contributed by atoms with Crippen LogP contribution >= 0.6 is 48.0 Å². The van der Waals surface area contributed by atoms with Crippen molar-refractivity contribution in [2.75, 3.05) is 44.0 Å². The van der Waals surface area contributed by atoms with Gasteiger partial charge in [0, 0.05) is 60.8 Å². The van der Waals surface area contributed by atoms with Crippen LogP contribution in [0.2, 0.25) is 0 Å². The second-order valence-corrected chi connectivity index (χ2v) is 32.6. The molecule has 3 aromatic carbocycles. The van der Waals surface area contributed by atoms with Gasteiger partial charge in [-0.1, -0.05) is 96.3 Å². The van der Waals surface area contributed by atoms with E-state index in [1.54, 1.807) is 58.2 Å². The van der Waals surface area contributed by atoms with Crippen LogP contribution in [0.5, 0.6) is 0 Å². The third kappa shape index (κ3) is 20.1. The number of thiocarbonyl (C=S) groups is 1. The number of fused-ring (bicyclic) bond motifs is 2. The smallest absolute Gasteiger partial charge is 0.329 e. The van der Waals surface area contributed by atoms with Crippen LogP contribution in [0.4, 0.5) is 10.8 Å². The molecule has 2 amide bonds. The van der Waals surface area contributed by atoms with Gasteiger partial charge in [-0.15, -0.1) is 11.3 Å². The number of rotatable bonds is 17. The molecule has 3 saturated carbocycles. The molecule has 11 rings (SSSR count). The number of H-pyrrole nitrogens is 2. The zero-order valence-electron chi connectivity index (χ0n) is 54.8. The number of carbonyl (C=O) groups excluding carboxylic acids is 4. The lowest BCUT2D eigenvalue weighted by Gasteiger charge is -2.27. The van der Waals surface area contributed by atoms with E-state index in [9.17, 15) is 54.0 Å². The Labute approximate surface area is 587 Å². The molecule has 3 atom stereocenters.